The highest BCUT2D eigenvalue weighted by Gasteiger charge is 2.25. The van der Waals surface area contributed by atoms with Gasteiger partial charge in [-0.05, 0) is 19.2 Å². The van der Waals surface area contributed by atoms with Crippen molar-refractivity contribution in [3.05, 3.63) is 24.2 Å². The number of likely N-dealkylation sites (N-methyl/N-ethyl adjacent to an activating group) is 1. The molecule has 1 atom stereocenters. The van der Waals surface area contributed by atoms with Crippen molar-refractivity contribution in [2.45, 2.75) is 6.04 Å². The van der Waals surface area contributed by atoms with E-state index in [-0.39, 0.29) is 6.04 Å². The van der Waals surface area contributed by atoms with Gasteiger partial charge in [0.05, 0.1) is 12.3 Å². The molecule has 3 heterocycles. The standard InChI is InChI=1S/C11H14N4O2/c1-15-5-4-12-7-8(15)10-13-11(17-14-10)9-3-2-6-16-9/h2-3,6,8,12H,4-5,7H2,1H3. The first-order valence-electron chi connectivity index (χ1n) is 5.63. The van der Waals surface area contributed by atoms with Crippen molar-refractivity contribution in [2.24, 2.45) is 0 Å². The van der Waals surface area contributed by atoms with Crippen LogP contribution in [0.5, 0.6) is 0 Å². The number of piperazine rings is 1. The Kier molecular flexibility index (Phi) is 2.66. The number of nitrogens with one attached hydrogen (secondary N) is 1. The van der Waals surface area contributed by atoms with Crippen molar-refractivity contribution in [1.82, 2.24) is 20.4 Å². The number of furan rings is 1. The largest absolute Gasteiger partial charge is 0.459 e. The van der Waals surface area contributed by atoms with Gasteiger partial charge in [0.25, 0.3) is 5.89 Å². The number of nitrogens with zero attached hydrogens (tertiary/aromatic N) is 3. The Balaban J connectivity index is 1.84. The second kappa shape index (κ2) is 4.31. The van der Waals surface area contributed by atoms with Crippen LogP contribution in [0, 0.1) is 0 Å². The summed E-state index contributed by atoms with van der Waals surface area (Å²) >= 11 is 0. The number of hydrogen-bond acceptors (Lipinski definition) is 6. The zero-order valence-corrected chi connectivity index (χ0v) is 9.59. The van der Waals surface area contributed by atoms with Crippen molar-refractivity contribution >= 4 is 0 Å². The summed E-state index contributed by atoms with van der Waals surface area (Å²) in [6.07, 6.45) is 1.59. The van der Waals surface area contributed by atoms with E-state index < -0.39 is 0 Å². The third kappa shape index (κ3) is 1.96. The van der Waals surface area contributed by atoms with E-state index in [0.717, 1.165) is 19.6 Å². The third-order valence-corrected chi connectivity index (χ3v) is 2.98. The molecule has 2 aromatic heterocycles. The Labute approximate surface area is 98.6 Å². The first kappa shape index (κ1) is 10.5. The fourth-order valence-electron chi connectivity index (χ4n) is 1.96. The molecule has 0 aliphatic carbocycles. The summed E-state index contributed by atoms with van der Waals surface area (Å²) < 4.78 is 10.4. The summed E-state index contributed by atoms with van der Waals surface area (Å²) in [5.74, 6) is 1.74. The first-order valence-corrected chi connectivity index (χ1v) is 5.63. The maximum atomic E-state index is 5.22. The maximum Gasteiger partial charge on any atom is 0.293 e. The molecule has 1 N–H and O–H groups in total. The monoisotopic (exact) mass is 234 g/mol. The number of hydrogen-bond donors (Lipinski definition) is 1. The molecule has 0 radical (unpaired) electrons. The first-order chi connectivity index (χ1) is 8.34. The summed E-state index contributed by atoms with van der Waals surface area (Å²) in [5, 5.41) is 7.34. The SMILES string of the molecule is CN1CCNCC1c1noc(-c2ccco2)n1. The van der Waals surface area contributed by atoms with Crippen molar-refractivity contribution in [3.8, 4) is 11.7 Å². The fraction of sp³-hybridized carbons (Fsp3) is 0.455. The molecule has 1 unspecified atom stereocenters. The van der Waals surface area contributed by atoms with Gasteiger partial charge in [-0.3, -0.25) is 4.90 Å². The van der Waals surface area contributed by atoms with Gasteiger partial charge >= 0.3 is 0 Å². The predicted octanol–water partition coefficient (Wildman–Crippen LogP) is 0.906. The smallest absolute Gasteiger partial charge is 0.293 e. The van der Waals surface area contributed by atoms with Crippen molar-refractivity contribution in [2.75, 3.05) is 26.7 Å². The molecule has 0 aromatic carbocycles. The molecular weight excluding hydrogens is 220 g/mol. The van der Waals surface area contributed by atoms with Crippen LogP contribution in [0.3, 0.4) is 0 Å². The van der Waals surface area contributed by atoms with Gasteiger partial charge < -0.3 is 14.3 Å². The molecule has 0 saturated carbocycles. The molecule has 1 saturated heterocycles. The van der Waals surface area contributed by atoms with E-state index in [9.17, 15) is 0 Å². The second-order valence-electron chi connectivity index (χ2n) is 4.14. The van der Waals surface area contributed by atoms with Gasteiger partial charge in [0.2, 0.25) is 0 Å². The molecule has 1 aliphatic heterocycles. The second-order valence-corrected chi connectivity index (χ2v) is 4.14. The Bertz CT molecular complexity index is 479. The molecule has 0 spiro atoms. The summed E-state index contributed by atoms with van der Waals surface area (Å²) in [6, 6.07) is 3.77. The maximum absolute atomic E-state index is 5.22. The van der Waals surface area contributed by atoms with Gasteiger partial charge in [-0.15, -0.1) is 0 Å². The molecular formula is C11H14N4O2. The van der Waals surface area contributed by atoms with E-state index in [1.54, 1.807) is 18.4 Å². The van der Waals surface area contributed by atoms with Crippen LogP contribution in [0.15, 0.2) is 27.3 Å². The van der Waals surface area contributed by atoms with Gasteiger partial charge in [0, 0.05) is 19.6 Å². The van der Waals surface area contributed by atoms with Crippen LogP contribution in [0.4, 0.5) is 0 Å². The minimum atomic E-state index is 0.163. The van der Waals surface area contributed by atoms with Crippen LogP contribution in [-0.2, 0) is 0 Å². The van der Waals surface area contributed by atoms with Gasteiger partial charge in [-0.1, -0.05) is 5.16 Å². The Morgan fingerprint density at radius 2 is 2.47 bits per heavy atom. The van der Waals surface area contributed by atoms with Gasteiger partial charge in [0.1, 0.15) is 0 Å². The van der Waals surface area contributed by atoms with Gasteiger partial charge in [-0.2, -0.15) is 4.98 Å². The highest BCUT2D eigenvalue weighted by molar-refractivity contribution is 5.42. The van der Waals surface area contributed by atoms with Crippen molar-refractivity contribution < 1.29 is 8.94 Å². The van der Waals surface area contributed by atoms with Crippen LogP contribution in [0.25, 0.3) is 11.7 Å². The minimum Gasteiger partial charge on any atom is -0.459 e. The molecule has 3 rings (SSSR count). The third-order valence-electron chi connectivity index (χ3n) is 2.98. The Hall–Kier alpha value is -1.66. The van der Waals surface area contributed by atoms with Crippen LogP contribution >= 0.6 is 0 Å². The zero-order valence-electron chi connectivity index (χ0n) is 9.59. The predicted molar refractivity (Wildman–Crippen MR) is 60.2 cm³/mol. The topological polar surface area (TPSA) is 67.3 Å². The lowest BCUT2D eigenvalue weighted by Crippen LogP contribution is -2.44. The van der Waals surface area contributed by atoms with Gasteiger partial charge in [-0.25, -0.2) is 0 Å². The molecule has 2 aromatic rings. The zero-order chi connectivity index (χ0) is 11.7. The molecule has 17 heavy (non-hydrogen) atoms. The highest BCUT2D eigenvalue weighted by Crippen LogP contribution is 2.22. The molecule has 0 amide bonds. The minimum absolute atomic E-state index is 0.163. The van der Waals surface area contributed by atoms with Gasteiger partial charge in [0.15, 0.2) is 11.6 Å². The normalized spacial score (nSPS) is 21.8. The van der Waals surface area contributed by atoms with Crippen molar-refractivity contribution in [1.29, 1.82) is 0 Å². The summed E-state index contributed by atoms with van der Waals surface area (Å²) in [4.78, 5) is 6.59. The lowest BCUT2D eigenvalue weighted by molar-refractivity contribution is 0.190. The van der Waals surface area contributed by atoms with E-state index in [4.69, 9.17) is 8.94 Å². The van der Waals surface area contributed by atoms with E-state index in [2.05, 4.69) is 27.4 Å². The molecule has 1 aliphatic rings. The fourth-order valence-corrected chi connectivity index (χ4v) is 1.96. The highest BCUT2D eigenvalue weighted by atomic mass is 16.5. The Morgan fingerprint density at radius 1 is 1.53 bits per heavy atom. The molecule has 90 valence electrons. The average Bonchev–Trinajstić information content (AvgIpc) is 3.00. The molecule has 6 nitrogen and oxygen atoms in total. The lowest BCUT2D eigenvalue weighted by atomic mass is 10.2. The molecule has 1 fully saturated rings. The number of aromatic nitrogens is 2. The quantitative estimate of drug-likeness (QED) is 0.833. The summed E-state index contributed by atoms with van der Waals surface area (Å²) in [5.41, 5.74) is 0. The van der Waals surface area contributed by atoms with E-state index in [1.165, 1.54) is 0 Å². The lowest BCUT2D eigenvalue weighted by Gasteiger charge is -2.30. The van der Waals surface area contributed by atoms with E-state index in [1.807, 2.05) is 0 Å². The molecule has 0 bridgehead atoms. The summed E-state index contributed by atoms with van der Waals surface area (Å²) in [7, 11) is 2.06. The van der Waals surface area contributed by atoms with Crippen LogP contribution < -0.4 is 5.32 Å². The Morgan fingerprint density at radius 3 is 3.24 bits per heavy atom. The van der Waals surface area contributed by atoms with E-state index in [0.29, 0.717) is 17.5 Å². The van der Waals surface area contributed by atoms with Crippen LogP contribution in [0.1, 0.15) is 11.9 Å². The summed E-state index contributed by atoms with van der Waals surface area (Å²) in [6.45, 7) is 2.82. The number of rotatable bonds is 2. The van der Waals surface area contributed by atoms with Crippen molar-refractivity contribution in [3.63, 3.8) is 0 Å². The molecule has 6 heteroatoms. The van der Waals surface area contributed by atoms with E-state index >= 15 is 0 Å². The van der Waals surface area contributed by atoms with Crippen LogP contribution in [0.2, 0.25) is 0 Å². The van der Waals surface area contributed by atoms with Crippen LogP contribution in [-0.4, -0.2) is 41.7 Å². The average molecular weight is 234 g/mol.